The molecule has 0 radical (unpaired) electrons. The zero-order valence-electron chi connectivity index (χ0n) is 9.24. The normalized spacial score (nSPS) is 22.1. The van der Waals surface area contributed by atoms with Gasteiger partial charge in [-0.25, -0.2) is 0 Å². The number of nitrogens with one attached hydrogen (secondary N) is 1. The number of aliphatic hydroxyl groups excluding tert-OH is 1. The van der Waals surface area contributed by atoms with Crippen LogP contribution >= 0.6 is 0 Å². The molecule has 2 heteroatoms. The number of benzene rings is 1. The van der Waals surface area contributed by atoms with Crippen LogP contribution in [0.1, 0.15) is 36.9 Å². The highest BCUT2D eigenvalue weighted by Crippen LogP contribution is 2.29. The molecule has 1 aliphatic rings. The quantitative estimate of drug-likeness (QED) is 0.791. The van der Waals surface area contributed by atoms with E-state index in [4.69, 9.17) is 5.11 Å². The summed E-state index contributed by atoms with van der Waals surface area (Å²) in [5.74, 6) is 0. The maximum Gasteiger partial charge on any atom is 0.0582 e. The van der Waals surface area contributed by atoms with Crippen molar-refractivity contribution in [3.63, 3.8) is 0 Å². The molecule has 82 valence electrons. The van der Waals surface area contributed by atoms with Gasteiger partial charge in [0.15, 0.2) is 0 Å². The lowest BCUT2D eigenvalue weighted by molar-refractivity contribution is 0.236. The zero-order chi connectivity index (χ0) is 10.7. The van der Waals surface area contributed by atoms with E-state index in [1.54, 1.807) is 0 Å². The summed E-state index contributed by atoms with van der Waals surface area (Å²) >= 11 is 0. The number of aliphatic hydroxyl groups is 1. The predicted octanol–water partition coefficient (Wildman–Crippen LogP) is 2.03. The van der Waals surface area contributed by atoms with Gasteiger partial charge < -0.3 is 10.4 Å². The Labute approximate surface area is 91.3 Å². The van der Waals surface area contributed by atoms with Crippen molar-refractivity contribution in [2.75, 3.05) is 6.61 Å². The summed E-state index contributed by atoms with van der Waals surface area (Å²) in [4.78, 5) is 0. The molecule has 2 nitrogen and oxygen atoms in total. The second kappa shape index (κ2) is 4.77. The fourth-order valence-electron chi connectivity index (χ4n) is 2.32. The number of rotatable bonds is 3. The molecular weight excluding hydrogens is 186 g/mol. The van der Waals surface area contributed by atoms with Gasteiger partial charge in [0.25, 0.3) is 0 Å². The van der Waals surface area contributed by atoms with Gasteiger partial charge in [-0.1, -0.05) is 24.3 Å². The van der Waals surface area contributed by atoms with Crippen LogP contribution in [0.5, 0.6) is 0 Å². The first kappa shape index (κ1) is 10.7. The Kier molecular flexibility index (Phi) is 3.39. The van der Waals surface area contributed by atoms with Gasteiger partial charge in [-0.05, 0) is 37.3 Å². The molecule has 15 heavy (non-hydrogen) atoms. The number of fused-ring (bicyclic) bond motifs is 1. The Morgan fingerprint density at radius 2 is 2.27 bits per heavy atom. The molecule has 0 spiro atoms. The fourth-order valence-corrected chi connectivity index (χ4v) is 2.32. The number of aryl methyl sites for hydroxylation is 1. The molecule has 2 N–H and O–H groups in total. The van der Waals surface area contributed by atoms with Crippen molar-refractivity contribution >= 4 is 0 Å². The summed E-state index contributed by atoms with van der Waals surface area (Å²) in [7, 11) is 0. The van der Waals surface area contributed by atoms with Crippen LogP contribution in [0.4, 0.5) is 0 Å². The van der Waals surface area contributed by atoms with Gasteiger partial charge in [-0.15, -0.1) is 0 Å². The van der Waals surface area contributed by atoms with E-state index in [0.717, 1.165) is 0 Å². The van der Waals surface area contributed by atoms with Crippen molar-refractivity contribution < 1.29 is 5.11 Å². The molecule has 2 atom stereocenters. The molecule has 2 rings (SSSR count). The van der Waals surface area contributed by atoms with E-state index in [2.05, 4.69) is 29.6 Å². The second-order valence-electron chi connectivity index (χ2n) is 4.39. The molecule has 0 unspecified atom stereocenters. The molecule has 1 aliphatic carbocycles. The molecule has 1 aromatic rings. The van der Waals surface area contributed by atoms with Crippen molar-refractivity contribution in [2.24, 2.45) is 0 Å². The molecule has 0 amide bonds. The van der Waals surface area contributed by atoms with Crippen LogP contribution < -0.4 is 5.32 Å². The molecule has 0 bridgehead atoms. The number of hydrogen-bond acceptors (Lipinski definition) is 2. The minimum Gasteiger partial charge on any atom is -0.395 e. The van der Waals surface area contributed by atoms with Gasteiger partial charge in [0, 0.05) is 12.1 Å². The Morgan fingerprint density at radius 3 is 3.07 bits per heavy atom. The first-order chi connectivity index (χ1) is 7.31. The molecular formula is C13H19NO. The van der Waals surface area contributed by atoms with Crippen molar-refractivity contribution in [1.82, 2.24) is 5.32 Å². The zero-order valence-corrected chi connectivity index (χ0v) is 9.24. The van der Waals surface area contributed by atoms with Gasteiger partial charge in [-0.3, -0.25) is 0 Å². The van der Waals surface area contributed by atoms with Crippen molar-refractivity contribution in [2.45, 2.75) is 38.3 Å². The molecule has 0 fully saturated rings. The predicted molar refractivity (Wildman–Crippen MR) is 61.8 cm³/mol. The highest BCUT2D eigenvalue weighted by atomic mass is 16.3. The minimum atomic E-state index is 0.182. The fraction of sp³-hybridized carbons (Fsp3) is 0.538. The SMILES string of the molecule is C[C@H](CO)N[C@@H]1CCCc2ccccc21. The summed E-state index contributed by atoms with van der Waals surface area (Å²) in [5, 5.41) is 12.5. The Hall–Kier alpha value is -0.860. The van der Waals surface area contributed by atoms with E-state index in [1.807, 2.05) is 6.92 Å². The van der Waals surface area contributed by atoms with Crippen molar-refractivity contribution in [3.05, 3.63) is 35.4 Å². The highest BCUT2D eigenvalue weighted by Gasteiger charge is 2.20. The van der Waals surface area contributed by atoms with Crippen LogP contribution in [0.2, 0.25) is 0 Å². The van der Waals surface area contributed by atoms with E-state index in [-0.39, 0.29) is 12.6 Å². The van der Waals surface area contributed by atoms with Crippen LogP contribution in [-0.2, 0) is 6.42 Å². The molecule has 0 saturated heterocycles. The molecule has 0 heterocycles. The summed E-state index contributed by atoms with van der Waals surface area (Å²) in [6.45, 7) is 2.23. The average Bonchev–Trinajstić information content (AvgIpc) is 2.29. The summed E-state index contributed by atoms with van der Waals surface area (Å²) in [5.41, 5.74) is 2.88. The lowest BCUT2D eigenvalue weighted by Crippen LogP contribution is -2.34. The van der Waals surface area contributed by atoms with Gasteiger partial charge in [0.1, 0.15) is 0 Å². The third-order valence-electron chi connectivity index (χ3n) is 3.13. The van der Waals surface area contributed by atoms with E-state index < -0.39 is 0 Å². The molecule has 0 saturated carbocycles. The summed E-state index contributed by atoms with van der Waals surface area (Å²) in [6, 6.07) is 9.24. The standard InChI is InChI=1S/C13H19NO/c1-10(9-15)14-13-8-4-6-11-5-2-3-7-12(11)13/h2-3,5,7,10,13-15H,4,6,8-9H2,1H3/t10-,13-/m1/s1. The van der Waals surface area contributed by atoms with E-state index in [9.17, 15) is 0 Å². The maximum atomic E-state index is 9.05. The van der Waals surface area contributed by atoms with Crippen LogP contribution in [-0.4, -0.2) is 17.8 Å². The second-order valence-corrected chi connectivity index (χ2v) is 4.39. The Bertz CT molecular complexity index is 324. The van der Waals surface area contributed by atoms with Crippen LogP contribution in [0.15, 0.2) is 24.3 Å². The van der Waals surface area contributed by atoms with Crippen LogP contribution in [0, 0.1) is 0 Å². The molecule has 0 aromatic heterocycles. The molecule has 1 aromatic carbocycles. The largest absolute Gasteiger partial charge is 0.395 e. The summed E-state index contributed by atoms with van der Waals surface area (Å²) in [6.07, 6.45) is 3.62. The summed E-state index contributed by atoms with van der Waals surface area (Å²) < 4.78 is 0. The lowest BCUT2D eigenvalue weighted by atomic mass is 9.87. The third kappa shape index (κ3) is 2.39. The average molecular weight is 205 g/mol. The number of hydrogen-bond donors (Lipinski definition) is 2. The molecule has 0 aliphatic heterocycles. The van der Waals surface area contributed by atoms with Gasteiger partial charge >= 0.3 is 0 Å². The minimum absolute atomic E-state index is 0.182. The first-order valence-corrected chi connectivity index (χ1v) is 5.76. The van der Waals surface area contributed by atoms with E-state index in [0.29, 0.717) is 6.04 Å². The van der Waals surface area contributed by atoms with Gasteiger partial charge in [0.2, 0.25) is 0 Å². The van der Waals surface area contributed by atoms with Crippen molar-refractivity contribution in [3.8, 4) is 0 Å². The van der Waals surface area contributed by atoms with Crippen molar-refractivity contribution in [1.29, 1.82) is 0 Å². The topological polar surface area (TPSA) is 32.3 Å². The monoisotopic (exact) mass is 205 g/mol. The van der Waals surface area contributed by atoms with Crippen LogP contribution in [0.3, 0.4) is 0 Å². The third-order valence-corrected chi connectivity index (χ3v) is 3.13. The highest BCUT2D eigenvalue weighted by molar-refractivity contribution is 5.32. The smallest absolute Gasteiger partial charge is 0.0582 e. The van der Waals surface area contributed by atoms with E-state index in [1.165, 1.54) is 30.4 Å². The Morgan fingerprint density at radius 1 is 1.47 bits per heavy atom. The van der Waals surface area contributed by atoms with Crippen LogP contribution in [0.25, 0.3) is 0 Å². The van der Waals surface area contributed by atoms with Gasteiger partial charge in [0.05, 0.1) is 6.61 Å². The lowest BCUT2D eigenvalue weighted by Gasteiger charge is -2.28. The Balaban J connectivity index is 2.15. The first-order valence-electron chi connectivity index (χ1n) is 5.76. The maximum absolute atomic E-state index is 9.05. The van der Waals surface area contributed by atoms with E-state index >= 15 is 0 Å². The van der Waals surface area contributed by atoms with Gasteiger partial charge in [-0.2, -0.15) is 0 Å².